The van der Waals surface area contributed by atoms with Crippen molar-refractivity contribution in [3.63, 3.8) is 0 Å². The molecule has 0 aliphatic heterocycles. The summed E-state index contributed by atoms with van der Waals surface area (Å²) in [6.07, 6.45) is 0.906. The van der Waals surface area contributed by atoms with Gasteiger partial charge in [0.15, 0.2) is 0 Å². The lowest BCUT2D eigenvalue weighted by molar-refractivity contribution is 0.0143. The molecule has 2 unspecified atom stereocenters. The molecule has 0 aliphatic carbocycles. The Hall–Kier alpha value is -0.900. The number of likely N-dealkylation sites (N-methyl/N-ethyl adjacent to an activating group) is 1. The van der Waals surface area contributed by atoms with Crippen molar-refractivity contribution in [1.29, 1.82) is 0 Å². The van der Waals surface area contributed by atoms with Crippen LogP contribution in [0, 0.1) is 0 Å². The first kappa shape index (κ1) is 13.5. The van der Waals surface area contributed by atoms with Gasteiger partial charge in [-0.2, -0.15) is 0 Å². The van der Waals surface area contributed by atoms with E-state index < -0.39 is 5.60 Å². The van der Waals surface area contributed by atoms with Crippen LogP contribution in [0.3, 0.4) is 0 Å². The van der Waals surface area contributed by atoms with Gasteiger partial charge in [0.25, 0.3) is 0 Å². The van der Waals surface area contributed by atoms with Gasteiger partial charge in [0.1, 0.15) is 5.60 Å². The van der Waals surface area contributed by atoms with Crippen molar-refractivity contribution in [3.8, 4) is 0 Å². The zero-order valence-electron chi connectivity index (χ0n) is 11.2. The van der Waals surface area contributed by atoms with Crippen molar-refractivity contribution in [1.82, 2.24) is 5.32 Å². The van der Waals surface area contributed by atoms with Gasteiger partial charge in [-0.3, -0.25) is 0 Å². The number of benzene rings is 1. The van der Waals surface area contributed by atoms with Crippen molar-refractivity contribution in [3.05, 3.63) is 35.2 Å². The van der Waals surface area contributed by atoms with Crippen LogP contribution in [-0.2, 0) is 5.60 Å². The van der Waals surface area contributed by atoms with Crippen LogP contribution in [0.5, 0.6) is 0 Å². The average Bonchev–Trinajstić information content (AvgIpc) is 2.82. The number of rotatable bonds is 5. The molecule has 0 spiro atoms. The molecule has 3 heteroatoms. The zero-order valence-corrected chi connectivity index (χ0v) is 12.1. The molecule has 18 heavy (non-hydrogen) atoms. The van der Waals surface area contributed by atoms with Crippen LogP contribution < -0.4 is 5.32 Å². The predicted octanol–water partition coefficient (Wildman–Crippen LogP) is 3.50. The van der Waals surface area contributed by atoms with E-state index in [1.807, 2.05) is 13.0 Å². The molecule has 2 atom stereocenters. The monoisotopic (exact) mass is 263 g/mol. The van der Waals surface area contributed by atoms with Crippen LogP contribution in [0.2, 0.25) is 0 Å². The Balaban J connectivity index is 2.37. The fourth-order valence-electron chi connectivity index (χ4n) is 2.46. The maximum atomic E-state index is 10.8. The summed E-state index contributed by atoms with van der Waals surface area (Å²) in [7, 11) is 0. The van der Waals surface area contributed by atoms with Crippen LogP contribution in [0.15, 0.2) is 29.6 Å². The van der Waals surface area contributed by atoms with E-state index in [-0.39, 0.29) is 6.04 Å². The Morgan fingerprint density at radius 3 is 2.78 bits per heavy atom. The second-order valence-electron chi connectivity index (χ2n) is 4.84. The Morgan fingerprint density at radius 2 is 2.11 bits per heavy atom. The molecule has 0 bridgehead atoms. The molecule has 1 aromatic heterocycles. The van der Waals surface area contributed by atoms with Crippen molar-refractivity contribution in [2.24, 2.45) is 0 Å². The highest BCUT2D eigenvalue weighted by molar-refractivity contribution is 7.17. The van der Waals surface area contributed by atoms with Gasteiger partial charge in [-0.15, -0.1) is 11.3 Å². The maximum absolute atomic E-state index is 10.8. The first-order valence-electron chi connectivity index (χ1n) is 6.53. The summed E-state index contributed by atoms with van der Waals surface area (Å²) in [4.78, 5) is 0. The molecule has 0 fully saturated rings. The summed E-state index contributed by atoms with van der Waals surface area (Å²) < 4.78 is 1.24. The average molecular weight is 263 g/mol. The smallest absolute Gasteiger partial charge is 0.102 e. The minimum absolute atomic E-state index is 0.0833. The maximum Gasteiger partial charge on any atom is 0.102 e. The molecule has 2 N–H and O–H groups in total. The Labute approximate surface area is 113 Å². The first-order chi connectivity index (χ1) is 8.59. The van der Waals surface area contributed by atoms with Gasteiger partial charge in [-0.1, -0.05) is 26.0 Å². The number of thiophene rings is 1. The summed E-state index contributed by atoms with van der Waals surface area (Å²) in [5.41, 5.74) is 0.161. The van der Waals surface area contributed by atoms with E-state index in [1.165, 1.54) is 10.1 Å². The molecule has 0 aliphatic rings. The Kier molecular flexibility index (Phi) is 4.05. The van der Waals surface area contributed by atoms with E-state index in [4.69, 9.17) is 0 Å². The molecule has 0 saturated carbocycles. The fourth-order valence-corrected chi connectivity index (χ4v) is 3.29. The Bertz CT molecular complexity index is 518. The molecule has 2 aromatic rings. The third-order valence-electron chi connectivity index (χ3n) is 3.58. The van der Waals surface area contributed by atoms with Crippen molar-refractivity contribution >= 4 is 21.4 Å². The number of hydrogen-bond donors (Lipinski definition) is 2. The summed E-state index contributed by atoms with van der Waals surface area (Å²) in [5, 5.41) is 17.5. The van der Waals surface area contributed by atoms with Crippen LogP contribution >= 0.6 is 11.3 Å². The molecule has 2 rings (SSSR count). The van der Waals surface area contributed by atoms with Gasteiger partial charge in [0.2, 0.25) is 0 Å². The van der Waals surface area contributed by atoms with Crippen LogP contribution in [0.4, 0.5) is 0 Å². The van der Waals surface area contributed by atoms with Crippen LogP contribution in [0.1, 0.15) is 32.8 Å². The molecule has 0 amide bonds. The summed E-state index contributed by atoms with van der Waals surface area (Å²) in [5.74, 6) is 0. The predicted molar refractivity (Wildman–Crippen MR) is 79.2 cm³/mol. The number of hydrogen-bond acceptors (Lipinski definition) is 3. The number of nitrogens with one attached hydrogen (secondary N) is 1. The van der Waals surface area contributed by atoms with Crippen molar-refractivity contribution in [2.75, 3.05) is 6.54 Å². The van der Waals surface area contributed by atoms with Gasteiger partial charge < -0.3 is 10.4 Å². The number of aliphatic hydroxyl groups is 1. The fraction of sp³-hybridized carbons (Fsp3) is 0.467. The van der Waals surface area contributed by atoms with E-state index in [9.17, 15) is 5.11 Å². The summed E-state index contributed by atoms with van der Waals surface area (Å²) in [6.45, 7) is 6.95. The topological polar surface area (TPSA) is 32.3 Å². The molecule has 1 heterocycles. The van der Waals surface area contributed by atoms with E-state index in [2.05, 4.69) is 42.7 Å². The van der Waals surface area contributed by atoms with E-state index in [1.54, 1.807) is 11.3 Å². The lowest BCUT2D eigenvalue weighted by Gasteiger charge is -2.33. The Morgan fingerprint density at radius 1 is 1.33 bits per heavy atom. The minimum Gasteiger partial charge on any atom is -0.384 e. The van der Waals surface area contributed by atoms with Gasteiger partial charge in [0, 0.05) is 10.7 Å². The first-order valence-corrected chi connectivity index (χ1v) is 7.41. The SMILES string of the molecule is CCNC(CC)C(C)(O)c1ccc2ccsc2c1. The normalized spacial score (nSPS) is 16.7. The van der Waals surface area contributed by atoms with Crippen molar-refractivity contribution in [2.45, 2.75) is 38.8 Å². The summed E-state index contributed by atoms with van der Waals surface area (Å²) in [6, 6.07) is 8.43. The molecular weight excluding hydrogens is 242 g/mol. The molecule has 0 saturated heterocycles. The van der Waals surface area contributed by atoms with Crippen LogP contribution in [0.25, 0.3) is 10.1 Å². The summed E-state index contributed by atoms with van der Waals surface area (Å²) >= 11 is 1.72. The lowest BCUT2D eigenvalue weighted by Crippen LogP contribution is -2.46. The van der Waals surface area contributed by atoms with Gasteiger partial charge in [0.05, 0.1) is 0 Å². The van der Waals surface area contributed by atoms with Crippen molar-refractivity contribution < 1.29 is 5.11 Å². The van der Waals surface area contributed by atoms with Crippen LogP contribution in [-0.4, -0.2) is 17.7 Å². The highest BCUT2D eigenvalue weighted by Crippen LogP contribution is 2.31. The highest BCUT2D eigenvalue weighted by Gasteiger charge is 2.32. The second-order valence-corrected chi connectivity index (χ2v) is 5.79. The van der Waals surface area contributed by atoms with Gasteiger partial charge >= 0.3 is 0 Å². The minimum atomic E-state index is -0.830. The van der Waals surface area contributed by atoms with E-state index in [0.29, 0.717) is 0 Å². The largest absolute Gasteiger partial charge is 0.384 e. The number of fused-ring (bicyclic) bond motifs is 1. The zero-order chi connectivity index (χ0) is 13.2. The van der Waals surface area contributed by atoms with Gasteiger partial charge in [-0.05, 0) is 48.4 Å². The molecule has 1 aromatic carbocycles. The van der Waals surface area contributed by atoms with E-state index >= 15 is 0 Å². The third-order valence-corrected chi connectivity index (χ3v) is 4.46. The van der Waals surface area contributed by atoms with Gasteiger partial charge in [-0.25, -0.2) is 0 Å². The lowest BCUT2D eigenvalue weighted by atomic mass is 9.86. The quantitative estimate of drug-likeness (QED) is 0.865. The molecule has 0 radical (unpaired) electrons. The molecule has 98 valence electrons. The van der Waals surface area contributed by atoms with E-state index in [0.717, 1.165) is 18.5 Å². The standard InChI is InChI=1S/C15H21NOS/c1-4-14(16-5-2)15(3,17)12-7-6-11-8-9-18-13(11)10-12/h6-10,14,16-17H,4-5H2,1-3H3. The second kappa shape index (κ2) is 5.39. The molecular formula is C15H21NOS. The molecule has 2 nitrogen and oxygen atoms in total. The third kappa shape index (κ3) is 2.44. The highest BCUT2D eigenvalue weighted by atomic mass is 32.1.